The molecule has 20 heavy (non-hydrogen) atoms. The number of hydrogen-bond donors (Lipinski definition) is 3. The molecule has 0 atom stereocenters. The first-order valence-electron chi connectivity index (χ1n) is 6.49. The van der Waals surface area contributed by atoms with Crippen LogP contribution >= 0.6 is 11.8 Å². The molecule has 1 fully saturated rings. The molecule has 1 aromatic rings. The van der Waals surface area contributed by atoms with Gasteiger partial charge in [0.1, 0.15) is 0 Å². The van der Waals surface area contributed by atoms with Crippen LogP contribution in [-0.2, 0) is 4.79 Å². The summed E-state index contributed by atoms with van der Waals surface area (Å²) < 4.78 is 1.56. The molecule has 3 amide bonds. The summed E-state index contributed by atoms with van der Waals surface area (Å²) >= 11 is 1.14. The summed E-state index contributed by atoms with van der Waals surface area (Å²) in [5, 5.41) is 11.5. The first-order valence-corrected chi connectivity index (χ1v) is 7.47. The lowest BCUT2D eigenvalue weighted by Gasteiger charge is -2.05. The lowest BCUT2D eigenvalue weighted by molar-refractivity contribution is -0.117. The average molecular weight is 299 g/mol. The number of rotatable bonds is 6. The van der Waals surface area contributed by atoms with Gasteiger partial charge < -0.3 is 5.32 Å². The van der Waals surface area contributed by atoms with E-state index in [2.05, 4.69) is 20.8 Å². The van der Waals surface area contributed by atoms with Crippen LogP contribution in [0.25, 0.3) is 0 Å². The van der Waals surface area contributed by atoms with Gasteiger partial charge in [0, 0.05) is 12.6 Å². The number of nitrogens with one attached hydrogen (secondary N) is 3. The number of aromatic amines is 1. The van der Waals surface area contributed by atoms with Crippen molar-refractivity contribution in [3.63, 3.8) is 0 Å². The SMILES string of the molecule is CCCNC(=O)NC(=O)CSc1n[nH]c(=O)n1C1CC1. The summed E-state index contributed by atoms with van der Waals surface area (Å²) in [6.45, 7) is 2.44. The Morgan fingerprint density at radius 3 is 2.90 bits per heavy atom. The predicted octanol–water partition coefficient (Wildman–Crippen LogP) is 0.234. The summed E-state index contributed by atoms with van der Waals surface area (Å²) in [6.07, 6.45) is 2.72. The molecule has 0 saturated heterocycles. The van der Waals surface area contributed by atoms with Crippen molar-refractivity contribution >= 4 is 23.7 Å². The molecule has 1 aliphatic carbocycles. The minimum absolute atomic E-state index is 0.0383. The third-order valence-electron chi connectivity index (χ3n) is 2.70. The zero-order valence-electron chi connectivity index (χ0n) is 11.1. The summed E-state index contributed by atoms with van der Waals surface area (Å²) in [7, 11) is 0. The molecular formula is C11H17N5O3S. The van der Waals surface area contributed by atoms with Gasteiger partial charge in [-0.05, 0) is 19.3 Å². The lowest BCUT2D eigenvalue weighted by Crippen LogP contribution is -2.40. The molecule has 0 spiro atoms. The number of amides is 3. The monoisotopic (exact) mass is 299 g/mol. The van der Waals surface area contributed by atoms with Crippen LogP contribution in [0.1, 0.15) is 32.2 Å². The largest absolute Gasteiger partial charge is 0.344 e. The fourth-order valence-corrected chi connectivity index (χ4v) is 2.44. The quantitative estimate of drug-likeness (QED) is 0.652. The normalized spacial score (nSPS) is 14.1. The van der Waals surface area contributed by atoms with Crippen LogP contribution in [0.5, 0.6) is 0 Å². The van der Waals surface area contributed by atoms with Gasteiger partial charge in [0.05, 0.1) is 5.75 Å². The molecule has 0 aromatic carbocycles. The number of carbonyl (C=O) groups excluding carboxylic acids is 2. The third-order valence-corrected chi connectivity index (χ3v) is 3.66. The number of aromatic nitrogens is 3. The van der Waals surface area contributed by atoms with Gasteiger partial charge in [-0.1, -0.05) is 18.7 Å². The standard InChI is InChI=1S/C11H17N5O3S/c1-2-5-12-9(18)13-8(17)6-20-11-15-14-10(19)16(11)7-3-4-7/h7H,2-6H2,1H3,(H,14,19)(H2,12,13,17,18). The van der Waals surface area contributed by atoms with E-state index in [1.807, 2.05) is 6.92 Å². The second-order valence-electron chi connectivity index (χ2n) is 4.51. The van der Waals surface area contributed by atoms with Gasteiger partial charge >= 0.3 is 11.7 Å². The van der Waals surface area contributed by atoms with E-state index in [-0.39, 0.29) is 17.5 Å². The first-order chi connectivity index (χ1) is 9.61. The highest BCUT2D eigenvalue weighted by molar-refractivity contribution is 7.99. The number of thioether (sulfide) groups is 1. The number of hydrogen-bond acceptors (Lipinski definition) is 5. The Morgan fingerprint density at radius 1 is 1.50 bits per heavy atom. The average Bonchev–Trinajstić information content (AvgIpc) is 3.18. The number of imide groups is 1. The van der Waals surface area contributed by atoms with E-state index < -0.39 is 11.9 Å². The topological polar surface area (TPSA) is 109 Å². The van der Waals surface area contributed by atoms with Crippen molar-refractivity contribution in [1.82, 2.24) is 25.4 Å². The molecule has 0 radical (unpaired) electrons. The van der Waals surface area contributed by atoms with Crippen LogP contribution in [-0.4, -0.2) is 39.0 Å². The Morgan fingerprint density at radius 2 is 2.25 bits per heavy atom. The van der Waals surface area contributed by atoms with Crippen LogP contribution in [0, 0.1) is 0 Å². The van der Waals surface area contributed by atoms with Crippen molar-refractivity contribution in [2.75, 3.05) is 12.3 Å². The Balaban J connectivity index is 1.81. The summed E-state index contributed by atoms with van der Waals surface area (Å²) in [4.78, 5) is 34.4. The second-order valence-corrected chi connectivity index (χ2v) is 5.45. The van der Waals surface area contributed by atoms with Crippen molar-refractivity contribution in [3.05, 3.63) is 10.5 Å². The first kappa shape index (κ1) is 14.6. The molecule has 9 heteroatoms. The Bertz CT molecular complexity index is 548. The van der Waals surface area contributed by atoms with Crippen molar-refractivity contribution < 1.29 is 9.59 Å². The Hall–Kier alpha value is -1.77. The van der Waals surface area contributed by atoms with Gasteiger partial charge in [0.2, 0.25) is 5.91 Å². The molecule has 3 N–H and O–H groups in total. The predicted molar refractivity (Wildman–Crippen MR) is 73.7 cm³/mol. The third kappa shape index (κ3) is 3.86. The van der Waals surface area contributed by atoms with E-state index in [4.69, 9.17) is 0 Å². The van der Waals surface area contributed by atoms with Crippen LogP contribution in [0.4, 0.5) is 4.79 Å². The zero-order valence-corrected chi connectivity index (χ0v) is 12.0. The second kappa shape index (κ2) is 6.60. The minimum atomic E-state index is -0.501. The van der Waals surface area contributed by atoms with Crippen molar-refractivity contribution in [1.29, 1.82) is 0 Å². The van der Waals surface area contributed by atoms with E-state index in [9.17, 15) is 14.4 Å². The van der Waals surface area contributed by atoms with Gasteiger partial charge in [-0.3, -0.25) is 14.7 Å². The number of nitrogens with zero attached hydrogens (tertiary/aromatic N) is 2. The Labute approximate surface area is 119 Å². The molecule has 2 rings (SSSR count). The summed E-state index contributed by atoms with van der Waals surface area (Å²) in [5.41, 5.74) is -0.254. The summed E-state index contributed by atoms with van der Waals surface area (Å²) in [6, 6.07) is -0.307. The molecule has 1 saturated carbocycles. The fourth-order valence-electron chi connectivity index (χ4n) is 1.62. The maximum atomic E-state index is 11.6. The van der Waals surface area contributed by atoms with E-state index >= 15 is 0 Å². The molecule has 1 aliphatic rings. The molecule has 110 valence electrons. The van der Waals surface area contributed by atoms with Gasteiger partial charge in [0.15, 0.2) is 5.16 Å². The van der Waals surface area contributed by atoms with Crippen molar-refractivity contribution in [2.24, 2.45) is 0 Å². The fraction of sp³-hybridized carbons (Fsp3) is 0.636. The van der Waals surface area contributed by atoms with E-state index in [0.717, 1.165) is 31.0 Å². The summed E-state index contributed by atoms with van der Waals surface area (Å²) in [5.74, 6) is -0.377. The highest BCUT2D eigenvalue weighted by Crippen LogP contribution is 2.35. The Kier molecular flexibility index (Phi) is 4.83. The van der Waals surface area contributed by atoms with Gasteiger partial charge in [-0.25, -0.2) is 14.7 Å². The van der Waals surface area contributed by atoms with E-state index in [1.165, 1.54) is 0 Å². The maximum absolute atomic E-state index is 11.6. The molecule has 0 bridgehead atoms. The number of H-pyrrole nitrogens is 1. The van der Waals surface area contributed by atoms with Gasteiger partial charge in [0.25, 0.3) is 0 Å². The van der Waals surface area contributed by atoms with Gasteiger partial charge in [-0.2, -0.15) is 0 Å². The van der Waals surface area contributed by atoms with E-state index in [1.54, 1.807) is 4.57 Å². The maximum Gasteiger partial charge on any atom is 0.344 e. The van der Waals surface area contributed by atoms with Crippen LogP contribution < -0.4 is 16.3 Å². The molecule has 1 aromatic heterocycles. The lowest BCUT2D eigenvalue weighted by atomic mass is 10.5. The number of carbonyl (C=O) groups is 2. The minimum Gasteiger partial charge on any atom is -0.338 e. The molecule has 8 nitrogen and oxygen atoms in total. The number of urea groups is 1. The molecule has 0 aliphatic heterocycles. The molecular weight excluding hydrogens is 282 g/mol. The smallest absolute Gasteiger partial charge is 0.338 e. The van der Waals surface area contributed by atoms with Crippen molar-refractivity contribution in [2.45, 2.75) is 37.4 Å². The van der Waals surface area contributed by atoms with E-state index in [0.29, 0.717) is 11.7 Å². The van der Waals surface area contributed by atoms with Crippen LogP contribution in [0.15, 0.2) is 9.95 Å². The zero-order chi connectivity index (χ0) is 14.5. The van der Waals surface area contributed by atoms with Gasteiger partial charge in [-0.15, -0.1) is 5.10 Å². The highest BCUT2D eigenvalue weighted by Gasteiger charge is 2.28. The van der Waals surface area contributed by atoms with Crippen molar-refractivity contribution in [3.8, 4) is 0 Å². The van der Waals surface area contributed by atoms with Crippen LogP contribution in [0.2, 0.25) is 0 Å². The van der Waals surface area contributed by atoms with Crippen LogP contribution in [0.3, 0.4) is 0 Å². The highest BCUT2D eigenvalue weighted by atomic mass is 32.2. The molecule has 0 unspecified atom stereocenters. The molecule has 1 heterocycles.